The number of nitrogens with one attached hydrogen (secondary N) is 1. The van der Waals surface area contributed by atoms with Gasteiger partial charge in [0.05, 0.1) is 11.2 Å². The number of aromatic nitrogens is 1. The van der Waals surface area contributed by atoms with E-state index in [4.69, 9.17) is 11.6 Å². The quantitative estimate of drug-likeness (QED) is 0.700. The minimum atomic E-state index is -0.186. The van der Waals surface area contributed by atoms with Crippen molar-refractivity contribution in [3.8, 4) is 0 Å². The number of hydrogen-bond acceptors (Lipinski definition) is 2. The number of rotatable bonds is 3. The molecule has 2 aromatic carbocycles. The maximum absolute atomic E-state index is 12.1. The zero-order valence-electron chi connectivity index (χ0n) is 12.6. The van der Waals surface area contributed by atoms with E-state index in [9.17, 15) is 4.79 Å². The molecule has 4 heteroatoms. The van der Waals surface area contributed by atoms with E-state index < -0.39 is 0 Å². The predicted octanol–water partition coefficient (Wildman–Crippen LogP) is 4.85. The number of benzene rings is 2. The highest BCUT2D eigenvalue weighted by Crippen LogP contribution is 2.28. The van der Waals surface area contributed by atoms with E-state index in [-0.39, 0.29) is 5.91 Å². The molecule has 0 saturated carbocycles. The van der Waals surface area contributed by atoms with E-state index in [1.54, 1.807) is 18.3 Å². The van der Waals surface area contributed by atoms with Gasteiger partial charge >= 0.3 is 0 Å². The monoisotopic (exact) mass is 322 g/mol. The van der Waals surface area contributed by atoms with Crippen LogP contribution in [-0.2, 0) is 4.79 Å². The molecule has 1 heterocycles. The lowest BCUT2D eigenvalue weighted by Gasteiger charge is -2.09. The Hall–Kier alpha value is -2.65. The smallest absolute Gasteiger partial charge is 0.248 e. The summed E-state index contributed by atoms with van der Waals surface area (Å²) in [6, 6.07) is 15.2. The van der Waals surface area contributed by atoms with E-state index in [0.29, 0.717) is 5.02 Å². The van der Waals surface area contributed by atoms with Crippen LogP contribution in [0.4, 0.5) is 5.69 Å². The second kappa shape index (κ2) is 6.63. The molecule has 0 fully saturated rings. The molecule has 0 saturated heterocycles. The van der Waals surface area contributed by atoms with E-state index >= 15 is 0 Å². The van der Waals surface area contributed by atoms with Crippen molar-refractivity contribution in [2.24, 2.45) is 0 Å². The van der Waals surface area contributed by atoms with Crippen LogP contribution < -0.4 is 5.32 Å². The van der Waals surface area contributed by atoms with Crippen molar-refractivity contribution >= 4 is 40.2 Å². The van der Waals surface area contributed by atoms with Crippen molar-refractivity contribution in [3.05, 3.63) is 77.0 Å². The topological polar surface area (TPSA) is 42.0 Å². The molecule has 0 unspecified atom stereocenters. The van der Waals surface area contributed by atoms with Gasteiger partial charge in [-0.2, -0.15) is 0 Å². The number of amides is 1. The highest BCUT2D eigenvalue weighted by molar-refractivity contribution is 6.32. The van der Waals surface area contributed by atoms with Crippen LogP contribution in [0.1, 0.15) is 11.1 Å². The Kier molecular flexibility index (Phi) is 4.40. The molecule has 0 radical (unpaired) electrons. The van der Waals surface area contributed by atoms with Gasteiger partial charge in [0, 0.05) is 22.7 Å². The van der Waals surface area contributed by atoms with Crippen molar-refractivity contribution in [1.29, 1.82) is 0 Å². The maximum atomic E-state index is 12.1. The number of carbonyl (C=O) groups excluding carboxylic acids is 1. The average molecular weight is 323 g/mol. The minimum Gasteiger partial charge on any atom is -0.322 e. The first-order valence-corrected chi connectivity index (χ1v) is 7.61. The second-order valence-electron chi connectivity index (χ2n) is 5.16. The molecule has 0 spiro atoms. The first-order chi connectivity index (χ1) is 11.1. The lowest BCUT2D eigenvalue weighted by atomic mass is 10.1. The molecule has 0 aliphatic carbocycles. The number of nitrogens with zero attached hydrogens (tertiary/aromatic N) is 1. The third kappa shape index (κ3) is 3.41. The van der Waals surface area contributed by atoms with Gasteiger partial charge in [-0.1, -0.05) is 41.9 Å². The van der Waals surface area contributed by atoms with E-state index in [2.05, 4.69) is 10.3 Å². The summed E-state index contributed by atoms with van der Waals surface area (Å²) in [5, 5.41) is 4.43. The van der Waals surface area contributed by atoms with Crippen molar-refractivity contribution in [1.82, 2.24) is 4.98 Å². The van der Waals surface area contributed by atoms with Gasteiger partial charge in [0.2, 0.25) is 5.91 Å². The van der Waals surface area contributed by atoms with Crippen molar-refractivity contribution in [2.75, 3.05) is 5.32 Å². The van der Waals surface area contributed by atoms with E-state index in [1.165, 1.54) is 6.08 Å². The maximum Gasteiger partial charge on any atom is 0.248 e. The Morgan fingerprint density at radius 2 is 1.91 bits per heavy atom. The first kappa shape index (κ1) is 15.3. The number of anilines is 1. The Balaban J connectivity index is 1.86. The number of carbonyl (C=O) groups is 1. The third-order valence-corrected chi connectivity index (χ3v) is 3.99. The Labute approximate surface area is 139 Å². The minimum absolute atomic E-state index is 0.186. The molecule has 3 nitrogen and oxygen atoms in total. The number of fused-ring (bicyclic) bond motifs is 1. The number of aryl methyl sites for hydroxylation is 1. The molecule has 3 rings (SSSR count). The van der Waals surface area contributed by atoms with Gasteiger partial charge in [0.1, 0.15) is 0 Å². The van der Waals surface area contributed by atoms with Crippen molar-refractivity contribution in [3.63, 3.8) is 0 Å². The highest BCUT2D eigenvalue weighted by Gasteiger charge is 2.08. The standard InChI is InChI=1S/C19H15ClN2O/c1-13-16(20)9-8-15-17(11-12-21-19(13)15)22-18(23)10-7-14-5-3-2-4-6-14/h2-12H,1H3,(H,21,22,23)/b10-7+. The molecule has 0 aliphatic heterocycles. The molecule has 1 aromatic heterocycles. The lowest BCUT2D eigenvalue weighted by molar-refractivity contribution is -0.111. The Bertz CT molecular complexity index is 889. The number of halogens is 1. The summed E-state index contributed by atoms with van der Waals surface area (Å²) in [4.78, 5) is 16.5. The zero-order valence-corrected chi connectivity index (χ0v) is 13.3. The predicted molar refractivity (Wildman–Crippen MR) is 95.6 cm³/mol. The van der Waals surface area contributed by atoms with Crippen LogP contribution in [-0.4, -0.2) is 10.9 Å². The summed E-state index contributed by atoms with van der Waals surface area (Å²) in [7, 11) is 0. The fourth-order valence-corrected chi connectivity index (χ4v) is 2.51. The summed E-state index contributed by atoms with van der Waals surface area (Å²) in [6.45, 7) is 1.92. The largest absolute Gasteiger partial charge is 0.322 e. The van der Waals surface area contributed by atoms with Crippen LogP contribution >= 0.6 is 11.6 Å². The van der Waals surface area contributed by atoms with E-state index in [1.807, 2.05) is 49.4 Å². The molecule has 0 aliphatic rings. The molecule has 0 atom stereocenters. The van der Waals surface area contributed by atoms with Gasteiger partial charge in [0.25, 0.3) is 0 Å². The summed E-state index contributed by atoms with van der Waals surface area (Å²) in [6.07, 6.45) is 4.97. The average Bonchev–Trinajstić information content (AvgIpc) is 2.58. The first-order valence-electron chi connectivity index (χ1n) is 7.23. The summed E-state index contributed by atoms with van der Waals surface area (Å²) < 4.78 is 0. The van der Waals surface area contributed by atoms with Crippen LogP contribution in [0.25, 0.3) is 17.0 Å². The SMILES string of the molecule is Cc1c(Cl)ccc2c(NC(=O)/C=C/c3ccccc3)ccnc12. The van der Waals surface area contributed by atoms with Gasteiger partial charge in [-0.25, -0.2) is 0 Å². The molecule has 114 valence electrons. The fourth-order valence-electron chi connectivity index (χ4n) is 2.35. The fraction of sp³-hybridized carbons (Fsp3) is 0.0526. The third-order valence-electron chi connectivity index (χ3n) is 3.58. The normalized spacial score (nSPS) is 11.0. The van der Waals surface area contributed by atoms with E-state index in [0.717, 1.165) is 27.7 Å². The summed E-state index contributed by atoms with van der Waals surface area (Å²) in [5.74, 6) is -0.186. The van der Waals surface area contributed by atoms with Crippen LogP contribution in [0, 0.1) is 6.92 Å². The molecule has 1 N–H and O–H groups in total. The zero-order chi connectivity index (χ0) is 16.2. The molecular weight excluding hydrogens is 308 g/mol. The Morgan fingerprint density at radius 1 is 1.13 bits per heavy atom. The van der Waals surface area contributed by atoms with Crippen molar-refractivity contribution in [2.45, 2.75) is 6.92 Å². The van der Waals surface area contributed by atoms with Crippen LogP contribution in [0.5, 0.6) is 0 Å². The van der Waals surface area contributed by atoms with Crippen molar-refractivity contribution < 1.29 is 4.79 Å². The van der Waals surface area contributed by atoms with Crippen LogP contribution in [0.15, 0.2) is 60.8 Å². The van der Waals surface area contributed by atoms with Gasteiger partial charge in [-0.15, -0.1) is 0 Å². The van der Waals surface area contributed by atoms with Crippen LogP contribution in [0.2, 0.25) is 5.02 Å². The van der Waals surface area contributed by atoms with Gasteiger partial charge in [-0.3, -0.25) is 9.78 Å². The van der Waals surface area contributed by atoms with Gasteiger partial charge in [0.15, 0.2) is 0 Å². The van der Waals surface area contributed by atoms with Gasteiger partial charge < -0.3 is 5.32 Å². The number of hydrogen-bond donors (Lipinski definition) is 1. The molecule has 3 aromatic rings. The molecular formula is C19H15ClN2O. The second-order valence-corrected chi connectivity index (χ2v) is 5.57. The summed E-state index contributed by atoms with van der Waals surface area (Å²) >= 11 is 6.12. The highest BCUT2D eigenvalue weighted by atomic mass is 35.5. The summed E-state index contributed by atoms with van der Waals surface area (Å²) in [5.41, 5.74) is 3.39. The number of pyridine rings is 1. The Morgan fingerprint density at radius 3 is 2.70 bits per heavy atom. The van der Waals surface area contributed by atoms with Crippen LogP contribution in [0.3, 0.4) is 0 Å². The van der Waals surface area contributed by atoms with Gasteiger partial charge in [-0.05, 0) is 42.3 Å². The molecule has 1 amide bonds. The lowest BCUT2D eigenvalue weighted by Crippen LogP contribution is -2.08. The molecule has 23 heavy (non-hydrogen) atoms. The molecule has 0 bridgehead atoms.